The Bertz CT molecular complexity index is 228. The summed E-state index contributed by atoms with van der Waals surface area (Å²) < 4.78 is 6.04. The van der Waals surface area contributed by atoms with Gasteiger partial charge in [0, 0.05) is 6.61 Å². The Morgan fingerprint density at radius 1 is 1.40 bits per heavy atom. The summed E-state index contributed by atoms with van der Waals surface area (Å²) in [7, 11) is -1.80. The quantitative estimate of drug-likeness (QED) is 0.737. The van der Waals surface area contributed by atoms with E-state index in [1.807, 2.05) is 0 Å². The van der Waals surface area contributed by atoms with Crippen LogP contribution in [0, 0.1) is 11.3 Å². The van der Waals surface area contributed by atoms with Crippen molar-refractivity contribution in [1.82, 2.24) is 0 Å². The number of nitriles is 1. The number of rotatable bonds is 5. The summed E-state index contributed by atoms with van der Waals surface area (Å²) >= 11 is 0. The van der Waals surface area contributed by atoms with Crippen molar-refractivity contribution in [3.63, 3.8) is 0 Å². The lowest BCUT2D eigenvalue weighted by atomic mass is 10.2. The molecular weight excluding hydrogens is 206 g/mol. The van der Waals surface area contributed by atoms with E-state index < -0.39 is 8.32 Å². The molecule has 3 nitrogen and oxygen atoms in total. The Balaban J connectivity index is 4.46. The molecule has 1 atom stereocenters. The van der Waals surface area contributed by atoms with E-state index in [0.717, 1.165) is 0 Å². The number of hydrogen-bond donors (Lipinski definition) is 1. The molecule has 0 aromatic rings. The number of nitrogens with zero attached hydrogens (tertiary/aromatic N) is 1. The highest BCUT2D eigenvalue weighted by Gasteiger charge is 2.38. The predicted octanol–water partition coefficient (Wildman–Crippen LogP) is 2.67. The predicted molar refractivity (Wildman–Crippen MR) is 64.0 cm³/mol. The van der Waals surface area contributed by atoms with Gasteiger partial charge in [-0.3, -0.25) is 0 Å². The van der Waals surface area contributed by atoms with Crippen LogP contribution in [0.15, 0.2) is 0 Å². The van der Waals surface area contributed by atoms with Crippen molar-refractivity contribution in [2.75, 3.05) is 6.61 Å². The van der Waals surface area contributed by atoms with E-state index >= 15 is 0 Å². The normalized spacial score (nSPS) is 14.7. The third-order valence-corrected chi connectivity index (χ3v) is 7.57. The molecule has 0 saturated carbocycles. The van der Waals surface area contributed by atoms with Crippen molar-refractivity contribution in [3.05, 3.63) is 0 Å². The van der Waals surface area contributed by atoms with Gasteiger partial charge in [-0.15, -0.1) is 0 Å². The molecule has 88 valence electrons. The topological polar surface area (TPSA) is 53.2 Å². The maximum atomic E-state index is 8.89. The second-order valence-electron chi connectivity index (χ2n) is 5.37. The van der Waals surface area contributed by atoms with Crippen molar-refractivity contribution in [3.8, 4) is 6.07 Å². The van der Waals surface area contributed by atoms with Gasteiger partial charge < -0.3 is 9.53 Å². The minimum atomic E-state index is -1.80. The number of aliphatic hydroxyl groups is 1. The zero-order valence-electron chi connectivity index (χ0n) is 10.5. The monoisotopic (exact) mass is 229 g/mol. The first kappa shape index (κ1) is 14.6. The Labute approximate surface area is 94.2 Å². The van der Waals surface area contributed by atoms with Crippen LogP contribution >= 0.6 is 0 Å². The lowest BCUT2D eigenvalue weighted by molar-refractivity contribution is 0.143. The van der Waals surface area contributed by atoms with E-state index in [1.54, 1.807) is 0 Å². The van der Waals surface area contributed by atoms with Crippen molar-refractivity contribution < 1.29 is 9.53 Å². The minimum Gasteiger partial charge on any atom is -0.413 e. The van der Waals surface area contributed by atoms with Gasteiger partial charge in [0.15, 0.2) is 8.32 Å². The average molecular weight is 229 g/mol. The zero-order valence-corrected chi connectivity index (χ0v) is 11.5. The van der Waals surface area contributed by atoms with Crippen molar-refractivity contribution in [1.29, 1.82) is 5.26 Å². The van der Waals surface area contributed by atoms with Gasteiger partial charge in [0.2, 0.25) is 0 Å². The first-order chi connectivity index (χ1) is 6.74. The maximum absolute atomic E-state index is 8.89. The minimum absolute atomic E-state index is 0.0843. The van der Waals surface area contributed by atoms with Crippen LogP contribution in [0.5, 0.6) is 0 Å². The molecule has 0 radical (unpaired) electrons. The molecule has 0 aliphatic rings. The van der Waals surface area contributed by atoms with Gasteiger partial charge in [-0.05, 0) is 24.6 Å². The summed E-state index contributed by atoms with van der Waals surface area (Å²) in [5.74, 6) is 0. The van der Waals surface area contributed by atoms with Crippen LogP contribution in [0.1, 0.15) is 33.6 Å². The average Bonchev–Trinajstić information content (AvgIpc) is 2.02. The molecule has 0 amide bonds. The largest absolute Gasteiger partial charge is 0.413 e. The van der Waals surface area contributed by atoms with Gasteiger partial charge in [-0.25, -0.2) is 0 Å². The number of aliphatic hydroxyl groups excluding tert-OH is 1. The first-order valence-corrected chi connectivity index (χ1v) is 8.31. The van der Waals surface area contributed by atoms with Gasteiger partial charge >= 0.3 is 0 Å². The van der Waals surface area contributed by atoms with Crippen LogP contribution in [-0.4, -0.2) is 26.1 Å². The van der Waals surface area contributed by atoms with Crippen molar-refractivity contribution in [2.45, 2.75) is 57.8 Å². The van der Waals surface area contributed by atoms with Gasteiger partial charge in [-0.2, -0.15) is 5.26 Å². The zero-order chi connectivity index (χ0) is 12.1. The van der Waals surface area contributed by atoms with Gasteiger partial charge in [-0.1, -0.05) is 20.8 Å². The van der Waals surface area contributed by atoms with E-state index in [2.05, 4.69) is 39.9 Å². The Morgan fingerprint density at radius 2 is 1.93 bits per heavy atom. The lowest BCUT2D eigenvalue weighted by Crippen LogP contribution is -2.44. The highest BCUT2D eigenvalue weighted by atomic mass is 28.4. The highest BCUT2D eigenvalue weighted by Crippen LogP contribution is 2.37. The Morgan fingerprint density at radius 3 is 2.27 bits per heavy atom. The van der Waals surface area contributed by atoms with E-state index in [1.165, 1.54) is 0 Å². The Hall–Kier alpha value is -0.373. The summed E-state index contributed by atoms with van der Waals surface area (Å²) in [4.78, 5) is 0. The summed E-state index contributed by atoms with van der Waals surface area (Å²) in [6.45, 7) is 10.9. The fraction of sp³-hybridized carbons (Fsp3) is 0.909. The molecule has 1 N–H and O–H groups in total. The van der Waals surface area contributed by atoms with Crippen LogP contribution in [0.4, 0.5) is 0 Å². The van der Waals surface area contributed by atoms with E-state index in [9.17, 15) is 0 Å². The molecule has 0 spiro atoms. The molecule has 4 heteroatoms. The lowest BCUT2D eigenvalue weighted by Gasteiger charge is -2.38. The first-order valence-electron chi connectivity index (χ1n) is 5.40. The third-order valence-electron chi connectivity index (χ3n) is 3.04. The van der Waals surface area contributed by atoms with Crippen LogP contribution in [0.3, 0.4) is 0 Å². The molecule has 0 aliphatic carbocycles. The molecule has 0 aromatic carbocycles. The summed E-state index contributed by atoms with van der Waals surface area (Å²) in [6.07, 6.45) is 0.813. The maximum Gasteiger partial charge on any atom is 0.192 e. The molecule has 0 heterocycles. The smallest absolute Gasteiger partial charge is 0.192 e. The molecule has 0 rings (SSSR count). The third kappa shape index (κ3) is 4.78. The van der Waals surface area contributed by atoms with Gasteiger partial charge in [0.25, 0.3) is 0 Å². The molecule has 0 bridgehead atoms. The molecule has 0 aliphatic heterocycles. The van der Waals surface area contributed by atoms with Crippen LogP contribution in [-0.2, 0) is 4.43 Å². The van der Waals surface area contributed by atoms with E-state index in [0.29, 0.717) is 12.8 Å². The summed E-state index contributed by atoms with van der Waals surface area (Å²) in [6, 6.07) is 2.11. The number of hydrogen-bond acceptors (Lipinski definition) is 3. The van der Waals surface area contributed by atoms with E-state index in [-0.39, 0.29) is 17.7 Å². The van der Waals surface area contributed by atoms with Gasteiger partial charge in [0.1, 0.15) is 0 Å². The van der Waals surface area contributed by atoms with Crippen LogP contribution < -0.4 is 0 Å². The standard InChI is InChI=1S/C11H23NO2Si/c1-11(2,3)15(4,5)14-10(6-8-12)7-9-13/h10,13H,6-7,9H2,1-5H3/t10-/m1/s1. The van der Waals surface area contributed by atoms with Crippen LogP contribution in [0.25, 0.3) is 0 Å². The molecule has 0 saturated heterocycles. The molecule has 0 aromatic heterocycles. The SMILES string of the molecule is CC(C)(C)[Si](C)(C)O[C@H](CC#N)CCO. The fourth-order valence-corrected chi connectivity index (χ4v) is 2.43. The van der Waals surface area contributed by atoms with Crippen molar-refractivity contribution in [2.24, 2.45) is 0 Å². The Kier molecular flexibility index (Phi) is 5.50. The molecular formula is C11H23NO2Si. The second kappa shape index (κ2) is 5.64. The fourth-order valence-electron chi connectivity index (χ4n) is 1.04. The molecule has 0 fully saturated rings. The summed E-state index contributed by atoms with van der Waals surface area (Å²) in [5.41, 5.74) is 0. The highest BCUT2D eigenvalue weighted by molar-refractivity contribution is 6.74. The second-order valence-corrected chi connectivity index (χ2v) is 10.1. The van der Waals surface area contributed by atoms with Gasteiger partial charge in [0.05, 0.1) is 18.6 Å². The van der Waals surface area contributed by atoms with E-state index in [4.69, 9.17) is 14.8 Å². The van der Waals surface area contributed by atoms with Crippen LogP contribution in [0.2, 0.25) is 18.1 Å². The van der Waals surface area contributed by atoms with Crippen molar-refractivity contribution >= 4 is 8.32 Å². The summed E-state index contributed by atoms with van der Waals surface area (Å²) in [5, 5.41) is 17.7. The molecule has 15 heavy (non-hydrogen) atoms. The molecule has 0 unspecified atom stereocenters.